The van der Waals surface area contributed by atoms with Gasteiger partial charge in [-0.05, 0) is 91.1 Å². The Labute approximate surface area is 223 Å². The standard InChI is InChI=1S/C35H27N3/c1-22-3-8-25(9-4-22)34-27-12-7-24(19-27)20-28-13-17-32(36-28)35(26-10-5-23(2)6-11-26)33-18-15-30(38-33)21-29-14-16-31(34)37-29/h3-18,20-21,36H,19H2,1-2H3. The number of nitrogens with one attached hydrogen (secondary N) is 1. The quantitative estimate of drug-likeness (QED) is 0.378. The van der Waals surface area contributed by atoms with Crippen LogP contribution in [-0.2, 0) is 0 Å². The zero-order valence-corrected chi connectivity index (χ0v) is 21.5. The molecule has 1 aromatic heterocycles. The first-order valence-electron chi connectivity index (χ1n) is 13.0. The highest BCUT2D eigenvalue weighted by Gasteiger charge is 2.21. The van der Waals surface area contributed by atoms with Crippen LogP contribution in [0.3, 0.4) is 0 Å². The molecule has 1 N–H and O–H groups in total. The van der Waals surface area contributed by atoms with Crippen LogP contribution < -0.4 is 0 Å². The number of hydrogen-bond donors (Lipinski definition) is 1. The fourth-order valence-electron chi connectivity index (χ4n) is 5.38. The minimum atomic E-state index is 0.865. The minimum Gasteiger partial charge on any atom is -0.355 e. The van der Waals surface area contributed by atoms with E-state index in [9.17, 15) is 0 Å². The molecule has 3 aromatic rings. The number of H-pyrrole nitrogens is 1. The van der Waals surface area contributed by atoms with Gasteiger partial charge in [-0.2, -0.15) is 0 Å². The van der Waals surface area contributed by atoms with E-state index in [1.54, 1.807) is 0 Å². The molecule has 3 heteroatoms. The van der Waals surface area contributed by atoms with Crippen LogP contribution in [0.1, 0.15) is 40.1 Å². The molecule has 0 saturated carbocycles. The summed E-state index contributed by atoms with van der Waals surface area (Å²) in [4.78, 5) is 13.7. The van der Waals surface area contributed by atoms with Crippen molar-refractivity contribution in [3.8, 4) is 0 Å². The molecule has 1 aliphatic carbocycles. The lowest BCUT2D eigenvalue weighted by Crippen LogP contribution is -2.00. The summed E-state index contributed by atoms with van der Waals surface area (Å²) in [5.74, 6) is 0. The van der Waals surface area contributed by atoms with Crippen LogP contribution in [0.2, 0.25) is 0 Å². The maximum absolute atomic E-state index is 5.05. The van der Waals surface area contributed by atoms with Crippen molar-refractivity contribution in [2.24, 2.45) is 9.98 Å². The fraction of sp³-hybridized carbons (Fsp3) is 0.0857. The molecule has 4 heterocycles. The van der Waals surface area contributed by atoms with Crippen molar-refractivity contribution in [3.63, 3.8) is 0 Å². The van der Waals surface area contributed by atoms with E-state index in [1.807, 2.05) is 0 Å². The smallest absolute Gasteiger partial charge is 0.0736 e. The molecule has 38 heavy (non-hydrogen) atoms. The third-order valence-corrected chi connectivity index (χ3v) is 7.34. The van der Waals surface area contributed by atoms with Crippen molar-refractivity contribution < 1.29 is 0 Å². The van der Waals surface area contributed by atoms with Crippen molar-refractivity contribution in [1.29, 1.82) is 0 Å². The van der Waals surface area contributed by atoms with Gasteiger partial charge in [0.1, 0.15) is 0 Å². The summed E-state index contributed by atoms with van der Waals surface area (Å²) >= 11 is 0. The number of aryl methyl sites for hydroxylation is 2. The monoisotopic (exact) mass is 489 g/mol. The summed E-state index contributed by atoms with van der Waals surface area (Å²) in [7, 11) is 0. The van der Waals surface area contributed by atoms with Gasteiger partial charge in [0.25, 0.3) is 0 Å². The molecular weight excluding hydrogens is 462 g/mol. The normalized spacial score (nSPS) is 17.7. The number of aromatic nitrogens is 1. The van der Waals surface area contributed by atoms with Gasteiger partial charge in [-0.3, -0.25) is 0 Å². The number of aromatic amines is 1. The number of allylic oxidation sites excluding steroid dienone is 10. The van der Waals surface area contributed by atoms with E-state index >= 15 is 0 Å². The molecule has 8 bridgehead atoms. The maximum atomic E-state index is 5.05. The average Bonchev–Trinajstić information content (AvgIpc) is 3.72. The lowest BCUT2D eigenvalue weighted by atomic mass is 9.94. The Kier molecular flexibility index (Phi) is 5.29. The van der Waals surface area contributed by atoms with Crippen molar-refractivity contribution in [2.75, 3.05) is 0 Å². The minimum absolute atomic E-state index is 0.865. The Morgan fingerprint density at radius 1 is 0.632 bits per heavy atom. The molecule has 3 nitrogen and oxygen atoms in total. The molecule has 0 radical (unpaired) electrons. The summed E-state index contributed by atoms with van der Waals surface area (Å²) in [6.07, 6.45) is 18.1. The number of aliphatic imine (C=N–C) groups is 2. The summed E-state index contributed by atoms with van der Waals surface area (Å²) < 4.78 is 0. The number of rotatable bonds is 2. The Morgan fingerprint density at radius 2 is 1.37 bits per heavy atom. The molecule has 0 amide bonds. The van der Waals surface area contributed by atoms with Gasteiger partial charge >= 0.3 is 0 Å². The Morgan fingerprint density at radius 3 is 2.13 bits per heavy atom. The summed E-state index contributed by atoms with van der Waals surface area (Å²) in [6.45, 7) is 4.24. The van der Waals surface area contributed by atoms with Crippen molar-refractivity contribution in [1.82, 2.24) is 4.98 Å². The third-order valence-electron chi connectivity index (χ3n) is 7.34. The van der Waals surface area contributed by atoms with Crippen LogP contribution in [-0.4, -0.2) is 16.4 Å². The highest BCUT2D eigenvalue weighted by Crippen LogP contribution is 2.36. The zero-order valence-electron chi connectivity index (χ0n) is 21.5. The lowest BCUT2D eigenvalue weighted by molar-refractivity contribution is 1.26. The molecule has 2 aromatic carbocycles. The number of hydrogen-bond acceptors (Lipinski definition) is 2. The van der Waals surface area contributed by atoms with E-state index < -0.39 is 0 Å². The van der Waals surface area contributed by atoms with Crippen LogP contribution in [0, 0.1) is 13.8 Å². The van der Waals surface area contributed by atoms with E-state index in [0.717, 1.165) is 51.8 Å². The van der Waals surface area contributed by atoms with Gasteiger partial charge in [-0.1, -0.05) is 71.8 Å². The molecule has 182 valence electrons. The average molecular weight is 490 g/mol. The highest BCUT2D eigenvalue weighted by atomic mass is 14.8. The third kappa shape index (κ3) is 4.12. The van der Waals surface area contributed by atoms with Crippen LogP contribution in [0.5, 0.6) is 0 Å². The Balaban J connectivity index is 1.42. The van der Waals surface area contributed by atoms with Crippen molar-refractivity contribution >= 4 is 28.6 Å². The second-order valence-corrected chi connectivity index (χ2v) is 10.2. The van der Waals surface area contributed by atoms with E-state index in [0.29, 0.717) is 0 Å². The van der Waals surface area contributed by atoms with Gasteiger partial charge in [0.05, 0.1) is 22.8 Å². The van der Waals surface area contributed by atoms with Gasteiger partial charge in [0, 0.05) is 22.5 Å². The molecule has 4 aliphatic rings. The summed E-state index contributed by atoms with van der Waals surface area (Å²) in [6, 6.07) is 21.7. The number of benzene rings is 2. The molecule has 0 saturated heterocycles. The predicted octanol–water partition coefficient (Wildman–Crippen LogP) is 8.11. The number of fused-ring (bicyclic) bond motifs is 6. The topological polar surface area (TPSA) is 40.5 Å². The van der Waals surface area contributed by atoms with Gasteiger partial charge < -0.3 is 4.98 Å². The first-order valence-corrected chi connectivity index (χ1v) is 13.0. The SMILES string of the molecule is Cc1ccc(C2=C3C=CC(=Cc4ccc([nH]4)C(c4ccc(C)cc4)=C4C=CC(=N4)C=C4C=CC2=N4)C3)cc1. The molecule has 3 aliphatic heterocycles. The second-order valence-electron chi connectivity index (χ2n) is 10.2. The fourth-order valence-corrected chi connectivity index (χ4v) is 5.38. The van der Waals surface area contributed by atoms with E-state index in [2.05, 4.69) is 128 Å². The molecule has 0 unspecified atom stereocenters. The zero-order chi connectivity index (χ0) is 25.6. The Hall–Kier alpha value is -4.76. The molecule has 0 fully saturated rings. The number of nitrogens with zero attached hydrogens (tertiary/aromatic N) is 2. The molecular formula is C35H27N3. The maximum Gasteiger partial charge on any atom is 0.0736 e. The van der Waals surface area contributed by atoms with E-state index in [1.165, 1.54) is 33.4 Å². The van der Waals surface area contributed by atoms with Crippen molar-refractivity contribution in [2.45, 2.75) is 20.3 Å². The van der Waals surface area contributed by atoms with Crippen LogP contribution >= 0.6 is 0 Å². The summed E-state index contributed by atoms with van der Waals surface area (Å²) in [5.41, 5.74) is 15.6. The first kappa shape index (κ1) is 22.4. The largest absolute Gasteiger partial charge is 0.355 e. The van der Waals surface area contributed by atoms with Crippen molar-refractivity contribution in [3.05, 3.63) is 159 Å². The lowest BCUT2D eigenvalue weighted by Gasteiger charge is -2.11. The predicted molar refractivity (Wildman–Crippen MR) is 159 cm³/mol. The van der Waals surface area contributed by atoms with E-state index in [-0.39, 0.29) is 0 Å². The van der Waals surface area contributed by atoms with Gasteiger partial charge in [-0.25, -0.2) is 9.98 Å². The summed E-state index contributed by atoms with van der Waals surface area (Å²) in [5, 5.41) is 0. The Bertz CT molecular complexity index is 1750. The van der Waals surface area contributed by atoms with E-state index in [4.69, 9.17) is 9.98 Å². The highest BCUT2D eigenvalue weighted by molar-refractivity contribution is 6.32. The molecule has 7 rings (SSSR count). The van der Waals surface area contributed by atoms with Crippen LogP contribution in [0.4, 0.5) is 0 Å². The van der Waals surface area contributed by atoms with Gasteiger partial charge in [0.15, 0.2) is 0 Å². The first-order chi connectivity index (χ1) is 18.6. The van der Waals surface area contributed by atoms with Gasteiger partial charge in [0.2, 0.25) is 0 Å². The second kappa shape index (κ2) is 8.97. The van der Waals surface area contributed by atoms with Crippen LogP contribution in [0.25, 0.3) is 17.2 Å². The van der Waals surface area contributed by atoms with Gasteiger partial charge in [-0.15, -0.1) is 0 Å². The molecule has 0 spiro atoms. The molecule has 0 atom stereocenters. The van der Waals surface area contributed by atoms with Crippen LogP contribution in [0.15, 0.2) is 136 Å².